The van der Waals surface area contributed by atoms with Crippen molar-refractivity contribution in [3.8, 4) is 0 Å². The van der Waals surface area contributed by atoms with Crippen molar-refractivity contribution in [2.24, 2.45) is 0 Å². The second-order valence-corrected chi connectivity index (χ2v) is 5.24. The van der Waals surface area contributed by atoms with Crippen molar-refractivity contribution in [3.05, 3.63) is 69.2 Å². The summed E-state index contributed by atoms with van der Waals surface area (Å²) >= 11 is 11.8. The van der Waals surface area contributed by atoms with E-state index in [4.69, 9.17) is 23.2 Å². The Morgan fingerprint density at radius 3 is 2.40 bits per heavy atom. The Kier molecular flexibility index (Phi) is 4.97. The van der Waals surface area contributed by atoms with Crippen LogP contribution in [-0.4, -0.2) is 7.05 Å². The van der Waals surface area contributed by atoms with Gasteiger partial charge in [0, 0.05) is 16.6 Å². The molecule has 1 N–H and O–H groups in total. The molecule has 2 aromatic carbocycles. The lowest BCUT2D eigenvalue weighted by atomic mass is 9.98. The van der Waals surface area contributed by atoms with Gasteiger partial charge in [-0.3, -0.25) is 0 Å². The van der Waals surface area contributed by atoms with Crippen molar-refractivity contribution in [2.45, 2.75) is 12.5 Å². The molecule has 1 unspecified atom stereocenters. The summed E-state index contributed by atoms with van der Waals surface area (Å²) in [6.07, 6.45) is 0.456. The Balaban J connectivity index is 2.31. The summed E-state index contributed by atoms with van der Waals surface area (Å²) in [6, 6.07) is 8.71. The van der Waals surface area contributed by atoms with E-state index >= 15 is 0 Å². The Morgan fingerprint density at radius 2 is 1.80 bits per heavy atom. The Bertz CT molecular complexity index is 597. The van der Waals surface area contributed by atoms with Crippen LogP contribution in [0.3, 0.4) is 0 Å². The second-order valence-electron chi connectivity index (χ2n) is 4.43. The van der Waals surface area contributed by atoms with Gasteiger partial charge in [-0.1, -0.05) is 35.3 Å². The van der Waals surface area contributed by atoms with E-state index in [1.807, 2.05) is 0 Å². The minimum absolute atomic E-state index is 0.0528. The number of hydrogen-bond acceptors (Lipinski definition) is 1. The summed E-state index contributed by atoms with van der Waals surface area (Å²) in [4.78, 5) is 0. The Hall–Kier alpha value is -1.16. The van der Waals surface area contributed by atoms with Crippen LogP contribution in [0.1, 0.15) is 17.2 Å². The van der Waals surface area contributed by atoms with E-state index in [2.05, 4.69) is 5.32 Å². The zero-order chi connectivity index (χ0) is 14.7. The van der Waals surface area contributed by atoms with Gasteiger partial charge in [0.1, 0.15) is 11.6 Å². The van der Waals surface area contributed by atoms with Crippen LogP contribution in [0.4, 0.5) is 8.78 Å². The van der Waals surface area contributed by atoms with Crippen LogP contribution in [0.5, 0.6) is 0 Å². The van der Waals surface area contributed by atoms with Crippen molar-refractivity contribution in [3.63, 3.8) is 0 Å². The minimum atomic E-state index is -0.472. The molecule has 1 nitrogen and oxygen atoms in total. The van der Waals surface area contributed by atoms with E-state index in [0.29, 0.717) is 17.0 Å². The zero-order valence-corrected chi connectivity index (χ0v) is 12.3. The van der Waals surface area contributed by atoms with Gasteiger partial charge >= 0.3 is 0 Å². The van der Waals surface area contributed by atoms with Crippen LogP contribution in [0.2, 0.25) is 10.0 Å². The highest BCUT2D eigenvalue weighted by molar-refractivity contribution is 6.31. The number of nitrogens with one attached hydrogen (secondary N) is 1. The van der Waals surface area contributed by atoms with Crippen LogP contribution in [0.15, 0.2) is 36.4 Å². The van der Waals surface area contributed by atoms with Gasteiger partial charge in [0.05, 0.1) is 5.02 Å². The molecule has 0 heterocycles. The lowest BCUT2D eigenvalue weighted by molar-refractivity contribution is 0.533. The molecule has 0 aliphatic rings. The fourth-order valence-electron chi connectivity index (χ4n) is 2.09. The quantitative estimate of drug-likeness (QED) is 0.856. The molecule has 0 saturated heterocycles. The Morgan fingerprint density at radius 1 is 1.05 bits per heavy atom. The number of halogens is 4. The van der Waals surface area contributed by atoms with Crippen molar-refractivity contribution < 1.29 is 8.78 Å². The summed E-state index contributed by atoms with van der Waals surface area (Å²) in [5, 5.41) is 3.43. The van der Waals surface area contributed by atoms with E-state index in [0.717, 1.165) is 5.56 Å². The van der Waals surface area contributed by atoms with Gasteiger partial charge in [-0.25, -0.2) is 8.78 Å². The van der Waals surface area contributed by atoms with Crippen molar-refractivity contribution >= 4 is 23.2 Å². The van der Waals surface area contributed by atoms with Crippen LogP contribution in [0, 0.1) is 11.6 Å². The van der Waals surface area contributed by atoms with Crippen molar-refractivity contribution in [2.75, 3.05) is 7.05 Å². The number of benzene rings is 2. The standard InChI is InChI=1S/C15H13Cl2F2N/c1-20-14(15-10(16)3-2-4-13(15)19)8-9-5-6-12(18)11(17)7-9/h2-7,14,20H,8H2,1H3. The van der Waals surface area contributed by atoms with Crippen LogP contribution in [-0.2, 0) is 6.42 Å². The minimum Gasteiger partial charge on any atom is -0.313 e. The lowest BCUT2D eigenvalue weighted by Crippen LogP contribution is -2.20. The summed E-state index contributed by atoms with van der Waals surface area (Å²) in [7, 11) is 1.72. The van der Waals surface area contributed by atoms with Crippen LogP contribution < -0.4 is 5.32 Å². The molecule has 106 valence electrons. The molecule has 0 aliphatic heterocycles. The molecule has 2 rings (SSSR count). The fourth-order valence-corrected chi connectivity index (χ4v) is 2.59. The third kappa shape index (κ3) is 3.29. The van der Waals surface area contributed by atoms with Crippen LogP contribution in [0.25, 0.3) is 0 Å². The van der Waals surface area contributed by atoms with E-state index < -0.39 is 5.82 Å². The molecule has 5 heteroatoms. The molecule has 0 aliphatic carbocycles. The SMILES string of the molecule is CNC(Cc1ccc(F)c(Cl)c1)c1c(F)cccc1Cl. The second kappa shape index (κ2) is 6.53. The summed E-state index contributed by atoms with van der Waals surface area (Å²) in [5.74, 6) is -0.842. The highest BCUT2D eigenvalue weighted by Gasteiger charge is 2.18. The molecular weight excluding hydrogens is 303 g/mol. The van der Waals surface area contributed by atoms with Crippen molar-refractivity contribution in [1.29, 1.82) is 0 Å². The van der Waals surface area contributed by atoms with Gasteiger partial charge in [0.2, 0.25) is 0 Å². The molecule has 0 saturated carbocycles. The molecule has 1 atom stereocenters. The first-order valence-electron chi connectivity index (χ1n) is 6.08. The van der Waals surface area contributed by atoms with E-state index in [1.54, 1.807) is 25.2 Å². The monoisotopic (exact) mass is 315 g/mol. The number of likely N-dealkylation sites (N-methyl/N-ethyl adjacent to an activating group) is 1. The Labute approximate surface area is 126 Å². The number of rotatable bonds is 4. The predicted octanol–water partition coefficient (Wildman–Crippen LogP) is 4.77. The van der Waals surface area contributed by atoms with Crippen molar-refractivity contribution in [1.82, 2.24) is 5.32 Å². The van der Waals surface area contributed by atoms with E-state index in [1.165, 1.54) is 18.2 Å². The molecule has 0 amide bonds. The van der Waals surface area contributed by atoms with Gasteiger partial charge in [-0.2, -0.15) is 0 Å². The maximum atomic E-state index is 13.9. The first-order valence-corrected chi connectivity index (χ1v) is 6.83. The average molecular weight is 316 g/mol. The molecule has 0 radical (unpaired) electrons. The molecule has 0 spiro atoms. The smallest absolute Gasteiger partial charge is 0.141 e. The summed E-state index contributed by atoms with van der Waals surface area (Å²) in [5.41, 5.74) is 1.20. The topological polar surface area (TPSA) is 12.0 Å². The highest BCUT2D eigenvalue weighted by Crippen LogP contribution is 2.29. The predicted molar refractivity (Wildman–Crippen MR) is 78.3 cm³/mol. The van der Waals surface area contributed by atoms with E-state index in [9.17, 15) is 8.78 Å². The third-order valence-electron chi connectivity index (χ3n) is 3.12. The average Bonchev–Trinajstić information content (AvgIpc) is 2.41. The van der Waals surface area contributed by atoms with Crippen LogP contribution >= 0.6 is 23.2 Å². The first kappa shape index (κ1) is 15.2. The zero-order valence-electron chi connectivity index (χ0n) is 10.8. The molecule has 2 aromatic rings. The normalized spacial score (nSPS) is 12.4. The molecule has 20 heavy (non-hydrogen) atoms. The molecular formula is C15H13Cl2F2N. The van der Waals surface area contributed by atoms with Gasteiger partial charge in [0.15, 0.2) is 0 Å². The summed E-state index contributed by atoms with van der Waals surface area (Å²) < 4.78 is 27.1. The third-order valence-corrected chi connectivity index (χ3v) is 3.74. The largest absolute Gasteiger partial charge is 0.313 e. The molecule has 0 fully saturated rings. The number of hydrogen-bond donors (Lipinski definition) is 1. The molecule has 0 bridgehead atoms. The maximum Gasteiger partial charge on any atom is 0.141 e. The summed E-state index contributed by atoms with van der Waals surface area (Å²) in [6.45, 7) is 0. The first-order chi connectivity index (χ1) is 9.52. The maximum absolute atomic E-state index is 13.9. The van der Waals surface area contributed by atoms with Gasteiger partial charge in [0.25, 0.3) is 0 Å². The van der Waals surface area contributed by atoms with Gasteiger partial charge < -0.3 is 5.32 Å². The van der Waals surface area contributed by atoms with E-state index in [-0.39, 0.29) is 16.9 Å². The molecule has 0 aromatic heterocycles. The highest BCUT2D eigenvalue weighted by atomic mass is 35.5. The fraction of sp³-hybridized carbons (Fsp3) is 0.200. The van der Waals surface area contributed by atoms with Gasteiger partial charge in [-0.15, -0.1) is 0 Å². The lowest BCUT2D eigenvalue weighted by Gasteiger charge is -2.19. The van der Waals surface area contributed by atoms with Gasteiger partial charge in [-0.05, 0) is 43.3 Å².